The zero-order valence-corrected chi connectivity index (χ0v) is 13.4. The summed E-state index contributed by atoms with van der Waals surface area (Å²) in [5.41, 5.74) is 1.27. The fraction of sp³-hybridized carbons (Fsp3) is 0.625. The Kier molecular flexibility index (Phi) is 5.17. The number of nitrogens with one attached hydrogen (secondary N) is 1. The van der Waals surface area contributed by atoms with Gasteiger partial charge in [-0.15, -0.1) is 0 Å². The highest BCUT2D eigenvalue weighted by Crippen LogP contribution is 2.25. The Balaban J connectivity index is 1.99. The molecule has 0 spiro atoms. The minimum absolute atomic E-state index is 0.00332. The molecule has 0 aromatic carbocycles. The summed E-state index contributed by atoms with van der Waals surface area (Å²) in [6.07, 6.45) is 3.66. The summed E-state index contributed by atoms with van der Waals surface area (Å²) in [7, 11) is 3.56. The lowest BCUT2D eigenvalue weighted by Crippen LogP contribution is -2.46. The maximum absolute atomic E-state index is 11.9. The van der Waals surface area contributed by atoms with E-state index in [-0.39, 0.29) is 12.1 Å². The molecule has 5 heteroatoms. The average molecular weight is 290 g/mol. The van der Waals surface area contributed by atoms with Crippen LogP contribution in [0.1, 0.15) is 19.4 Å². The Morgan fingerprint density at radius 3 is 2.62 bits per heavy atom. The summed E-state index contributed by atoms with van der Waals surface area (Å²) in [4.78, 5) is 20.0. The van der Waals surface area contributed by atoms with Gasteiger partial charge in [-0.25, -0.2) is 4.79 Å². The second-order valence-electron chi connectivity index (χ2n) is 6.41. The second kappa shape index (κ2) is 6.89. The van der Waals surface area contributed by atoms with Crippen LogP contribution < -0.4 is 5.32 Å². The van der Waals surface area contributed by atoms with Gasteiger partial charge in [-0.2, -0.15) is 0 Å². The highest BCUT2D eigenvalue weighted by atomic mass is 16.2. The Morgan fingerprint density at radius 2 is 2.05 bits per heavy atom. The largest absolute Gasteiger partial charge is 0.334 e. The van der Waals surface area contributed by atoms with Crippen molar-refractivity contribution in [2.45, 2.75) is 26.4 Å². The predicted octanol–water partition coefficient (Wildman–Crippen LogP) is 1.81. The molecule has 0 unspecified atom stereocenters. The van der Waals surface area contributed by atoms with E-state index >= 15 is 0 Å². The van der Waals surface area contributed by atoms with E-state index in [0.717, 1.165) is 19.6 Å². The molecule has 1 saturated heterocycles. The van der Waals surface area contributed by atoms with Gasteiger partial charge in [0.05, 0.1) is 0 Å². The van der Waals surface area contributed by atoms with E-state index in [9.17, 15) is 4.79 Å². The first-order valence-corrected chi connectivity index (χ1v) is 7.56. The van der Waals surface area contributed by atoms with Crippen LogP contribution in [0.3, 0.4) is 0 Å². The molecule has 1 aromatic heterocycles. The smallest absolute Gasteiger partial charge is 0.317 e. The van der Waals surface area contributed by atoms with Gasteiger partial charge in [-0.05, 0) is 29.5 Å². The molecule has 0 aliphatic carbocycles. The van der Waals surface area contributed by atoms with Crippen LogP contribution in [0.25, 0.3) is 0 Å². The normalized spacial score (nSPS) is 22.5. The van der Waals surface area contributed by atoms with Crippen molar-refractivity contribution in [3.8, 4) is 0 Å². The van der Waals surface area contributed by atoms with E-state index in [1.807, 2.05) is 12.4 Å². The lowest BCUT2D eigenvalue weighted by Gasteiger charge is -2.24. The quantitative estimate of drug-likeness (QED) is 0.920. The number of rotatable bonds is 4. The van der Waals surface area contributed by atoms with Crippen molar-refractivity contribution < 1.29 is 4.79 Å². The zero-order valence-electron chi connectivity index (χ0n) is 13.4. The second-order valence-corrected chi connectivity index (χ2v) is 6.41. The van der Waals surface area contributed by atoms with E-state index < -0.39 is 0 Å². The van der Waals surface area contributed by atoms with Crippen LogP contribution >= 0.6 is 0 Å². The third-order valence-corrected chi connectivity index (χ3v) is 4.17. The molecule has 0 bridgehead atoms. The van der Waals surface area contributed by atoms with Gasteiger partial charge in [0, 0.05) is 52.2 Å². The van der Waals surface area contributed by atoms with Gasteiger partial charge in [0.15, 0.2) is 0 Å². The topological polar surface area (TPSA) is 48.5 Å². The Labute approximate surface area is 127 Å². The summed E-state index contributed by atoms with van der Waals surface area (Å²) < 4.78 is 0. The van der Waals surface area contributed by atoms with Gasteiger partial charge >= 0.3 is 6.03 Å². The van der Waals surface area contributed by atoms with Crippen LogP contribution in [0, 0.1) is 11.8 Å². The van der Waals surface area contributed by atoms with Crippen molar-refractivity contribution in [1.82, 2.24) is 20.1 Å². The number of carbonyl (C=O) groups is 1. The van der Waals surface area contributed by atoms with Crippen LogP contribution in [-0.4, -0.2) is 54.0 Å². The summed E-state index contributed by atoms with van der Waals surface area (Å²) in [6, 6.07) is 4.32. The molecule has 0 radical (unpaired) electrons. The van der Waals surface area contributed by atoms with Crippen molar-refractivity contribution in [1.29, 1.82) is 0 Å². The van der Waals surface area contributed by atoms with Gasteiger partial charge < -0.3 is 10.2 Å². The fourth-order valence-corrected chi connectivity index (χ4v) is 2.90. The van der Waals surface area contributed by atoms with Crippen LogP contribution in [0.5, 0.6) is 0 Å². The number of amides is 2. The first-order chi connectivity index (χ1) is 9.97. The maximum atomic E-state index is 11.9. The molecule has 1 aromatic rings. The van der Waals surface area contributed by atoms with Crippen molar-refractivity contribution in [3.05, 3.63) is 30.1 Å². The van der Waals surface area contributed by atoms with Gasteiger partial charge in [0.25, 0.3) is 0 Å². The molecule has 1 fully saturated rings. The molecular weight excluding hydrogens is 264 g/mol. The maximum Gasteiger partial charge on any atom is 0.317 e. The SMILES string of the molecule is CC(C)[C@@H]1CN(Cc2ccncc2)C[C@H]1NC(=O)N(C)C. The van der Waals surface area contributed by atoms with E-state index in [2.05, 4.69) is 41.2 Å². The molecule has 2 amide bonds. The lowest BCUT2D eigenvalue weighted by atomic mass is 9.91. The Morgan fingerprint density at radius 1 is 1.38 bits per heavy atom. The minimum Gasteiger partial charge on any atom is -0.334 e. The molecule has 1 N–H and O–H groups in total. The molecule has 2 heterocycles. The number of hydrogen-bond acceptors (Lipinski definition) is 3. The third-order valence-electron chi connectivity index (χ3n) is 4.17. The van der Waals surface area contributed by atoms with E-state index in [1.54, 1.807) is 19.0 Å². The number of pyridine rings is 1. The summed E-state index contributed by atoms with van der Waals surface area (Å²) in [5, 5.41) is 3.16. The first-order valence-electron chi connectivity index (χ1n) is 7.56. The fourth-order valence-electron chi connectivity index (χ4n) is 2.90. The van der Waals surface area contributed by atoms with Crippen molar-refractivity contribution in [2.75, 3.05) is 27.2 Å². The molecule has 2 rings (SSSR count). The van der Waals surface area contributed by atoms with Crippen LogP contribution in [0.15, 0.2) is 24.5 Å². The van der Waals surface area contributed by atoms with Gasteiger partial charge in [0.1, 0.15) is 0 Å². The van der Waals surface area contributed by atoms with Crippen molar-refractivity contribution in [3.63, 3.8) is 0 Å². The highest BCUT2D eigenvalue weighted by molar-refractivity contribution is 5.73. The first kappa shape index (κ1) is 15.8. The molecule has 2 atom stereocenters. The lowest BCUT2D eigenvalue weighted by molar-refractivity contribution is 0.207. The van der Waals surface area contributed by atoms with Crippen LogP contribution in [0.4, 0.5) is 4.79 Å². The van der Waals surface area contributed by atoms with Gasteiger partial charge in [0.2, 0.25) is 0 Å². The van der Waals surface area contributed by atoms with E-state index in [0.29, 0.717) is 11.8 Å². The third kappa shape index (κ3) is 4.17. The molecule has 21 heavy (non-hydrogen) atoms. The molecular formula is C16H26N4O. The highest BCUT2D eigenvalue weighted by Gasteiger charge is 2.35. The monoisotopic (exact) mass is 290 g/mol. The predicted molar refractivity (Wildman–Crippen MR) is 83.8 cm³/mol. The Hall–Kier alpha value is -1.62. The number of urea groups is 1. The summed E-state index contributed by atoms with van der Waals surface area (Å²) in [5.74, 6) is 1.05. The van der Waals surface area contributed by atoms with Crippen LogP contribution in [0.2, 0.25) is 0 Å². The zero-order chi connectivity index (χ0) is 15.4. The van der Waals surface area contributed by atoms with Crippen LogP contribution in [-0.2, 0) is 6.54 Å². The standard InChI is InChI=1S/C16H26N4O/c1-12(2)14-10-20(9-13-5-7-17-8-6-13)11-15(14)18-16(21)19(3)4/h5-8,12,14-15H,9-11H2,1-4H3,(H,18,21)/t14-,15+/m0/s1. The van der Waals surface area contributed by atoms with Crippen molar-refractivity contribution >= 4 is 6.03 Å². The Bertz CT molecular complexity index is 461. The number of aromatic nitrogens is 1. The molecule has 1 aliphatic heterocycles. The molecule has 1 aliphatic rings. The van der Waals surface area contributed by atoms with Gasteiger partial charge in [-0.3, -0.25) is 9.88 Å². The van der Waals surface area contributed by atoms with Gasteiger partial charge in [-0.1, -0.05) is 13.8 Å². The minimum atomic E-state index is -0.00332. The average Bonchev–Trinajstić information content (AvgIpc) is 2.82. The molecule has 5 nitrogen and oxygen atoms in total. The van der Waals surface area contributed by atoms with Crippen molar-refractivity contribution in [2.24, 2.45) is 11.8 Å². The number of nitrogens with zero attached hydrogens (tertiary/aromatic N) is 3. The van der Waals surface area contributed by atoms with E-state index in [1.165, 1.54) is 5.56 Å². The summed E-state index contributed by atoms with van der Waals surface area (Å²) in [6.45, 7) is 7.31. The molecule has 0 saturated carbocycles. The number of carbonyl (C=O) groups excluding carboxylic acids is 1. The number of likely N-dealkylation sites (tertiary alicyclic amines) is 1. The number of hydrogen-bond donors (Lipinski definition) is 1. The molecule has 116 valence electrons. The summed E-state index contributed by atoms with van der Waals surface area (Å²) >= 11 is 0. The van der Waals surface area contributed by atoms with E-state index in [4.69, 9.17) is 0 Å².